The number of carboxylic acids is 1. The first-order valence-corrected chi connectivity index (χ1v) is 6.96. The van der Waals surface area contributed by atoms with E-state index in [0.29, 0.717) is 34.1 Å². The van der Waals surface area contributed by atoms with Crippen molar-refractivity contribution in [2.45, 2.75) is 25.7 Å². The first-order chi connectivity index (χ1) is 9.49. The topological polar surface area (TPSA) is 66.4 Å². The van der Waals surface area contributed by atoms with Gasteiger partial charge >= 0.3 is 5.97 Å². The summed E-state index contributed by atoms with van der Waals surface area (Å²) in [6, 6.07) is 4.72. The zero-order chi connectivity index (χ0) is 14.7. The number of nitrogens with one attached hydrogen (secondary N) is 1. The van der Waals surface area contributed by atoms with Gasteiger partial charge in [-0.2, -0.15) is 0 Å². The summed E-state index contributed by atoms with van der Waals surface area (Å²) < 4.78 is 0. The largest absolute Gasteiger partial charge is 0.478 e. The van der Waals surface area contributed by atoms with Gasteiger partial charge in [0.1, 0.15) is 0 Å². The fourth-order valence-corrected chi connectivity index (χ4v) is 2.64. The van der Waals surface area contributed by atoms with Gasteiger partial charge in [0.25, 0.3) is 5.91 Å². The van der Waals surface area contributed by atoms with E-state index in [1.807, 2.05) is 0 Å². The van der Waals surface area contributed by atoms with E-state index in [9.17, 15) is 9.59 Å². The van der Waals surface area contributed by atoms with Crippen LogP contribution in [0.15, 0.2) is 29.3 Å². The van der Waals surface area contributed by atoms with Crippen LogP contribution in [-0.2, 0) is 9.59 Å². The van der Waals surface area contributed by atoms with E-state index >= 15 is 0 Å². The zero-order valence-corrected chi connectivity index (χ0v) is 12.1. The molecule has 20 heavy (non-hydrogen) atoms. The van der Waals surface area contributed by atoms with Gasteiger partial charge in [0, 0.05) is 16.2 Å². The van der Waals surface area contributed by atoms with Crippen molar-refractivity contribution in [1.29, 1.82) is 0 Å². The number of halogens is 2. The third-order valence-electron chi connectivity index (χ3n) is 3.18. The van der Waals surface area contributed by atoms with Crippen molar-refractivity contribution >= 4 is 40.8 Å². The van der Waals surface area contributed by atoms with E-state index < -0.39 is 11.9 Å². The Hall–Kier alpha value is -1.52. The standard InChI is InChI=1S/C14H13Cl2NO3/c15-8-5-6-12(11(16)7-8)17-13(18)9-3-1-2-4-10(9)14(19)20/h5-7H,1-4H2,(H,17,18)(H,19,20). The summed E-state index contributed by atoms with van der Waals surface area (Å²) in [4.78, 5) is 23.3. The predicted octanol–water partition coefficient (Wildman–Crippen LogP) is 3.89. The molecule has 0 saturated carbocycles. The molecule has 1 aromatic rings. The van der Waals surface area contributed by atoms with Gasteiger partial charge in [-0.25, -0.2) is 4.79 Å². The molecule has 0 fully saturated rings. The molecule has 6 heteroatoms. The molecule has 0 atom stereocenters. The van der Waals surface area contributed by atoms with Gasteiger partial charge in [-0.3, -0.25) is 4.79 Å². The van der Waals surface area contributed by atoms with Gasteiger partial charge in [0.05, 0.1) is 10.7 Å². The minimum Gasteiger partial charge on any atom is -0.478 e. The maximum Gasteiger partial charge on any atom is 0.332 e. The number of anilines is 1. The monoisotopic (exact) mass is 313 g/mol. The fourth-order valence-electron chi connectivity index (χ4n) is 2.18. The van der Waals surface area contributed by atoms with Crippen LogP contribution < -0.4 is 5.32 Å². The Morgan fingerprint density at radius 3 is 2.35 bits per heavy atom. The molecule has 1 aliphatic rings. The molecule has 0 spiro atoms. The Morgan fingerprint density at radius 2 is 1.75 bits per heavy atom. The molecule has 4 nitrogen and oxygen atoms in total. The molecule has 1 aromatic carbocycles. The predicted molar refractivity (Wildman–Crippen MR) is 78.2 cm³/mol. The highest BCUT2D eigenvalue weighted by molar-refractivity contribution is 6.36. The lowest BCUT2D eigenvalue weighted by molar-refractivity contribution is -0.133. The lowest BCUT2D eigenvalue weighted by atomic mass is 9.91. The SMILES string of the molecule is O=C(O)C1=C(C(=O)Nc2ccc(Cl)cc2Cl)CCCC1. The van der Waals surface area contributed by atoms with Gasteiger partial charge in [0.15, 0.2) is 0 Å². The molecule has 0 heterocycles. The molecule has 0 radical (unpaired) electrons. The third-order valence-corrected chi connectivity index (χ3v) is 3.73. The minimum atomic E-state index is -1.03. The Balaban J connectivity index is 2.24. The van der Waals surface area contributed by atoms with Crippen LogP contribution in [0, 0.1) is 0 Å². The van der Waals surface area contributed by atoms with Gasteiger partial charge < -0.3 is 10.4 Å². The van der Waals surface area contributed by atoms with E-state index in [4.69, 9.17) is 28.3 Å². The van der Waals surface area contributed by atoms with Crippen molar-refractivity contribution in [3.63, 3.8) is 0 Å². The van der Waals surface area contributed by atoms with Crippen LogP contribution in [0.2, 0.25) is 10.0 Å². The highest BCUT2D eigenvalue weighted by atomic mass is 35.5. The first-order valence-electron chi connectivity index (χ1n) is 6.20. The number of hydrogen-bond acceptors (Lipinski definition) is 2. The molecule has 1 aliphatic carbocycles. The molecule has 0 aromatic heterocycles. The van der Waals surface area contributed by atoms with Crippen molar-refractivity contribution < 1.29 is 14.7 Å². The smallest absolute Gasteiger partial charge is 0.332 e. The van der Waals surface area contributed by atoms with Crippen LogP contribution in [0.3, 0.4) is 0 Å². The molecule has 1 amide bonds. The van der Waals surface area contributed by atoms with Gasteiger partial charge in [-0.1, -0.05) is 23.2 Å². The Labute approximate surface area is 126 Å². The second-order valence-electron chi connectivity index (χ2n) is 4.55. The van der Waals surface area contributed by atoms with Crippen LogP contribution in [0.4, 0.5) is 5.69 Å². The number of hydrogen-bond donors (Lipinski definition) is 2. The fraction of sp³-hybridized carbons (Fsp3) is 0.286. The summed E-state index contributed by atoms with van der Waals surface area (Å²) >= 11 is 11.8. The van der Waals surface area contributed by atoms with E-state index in [2.05, 4.69) is 5.32 Å². The van der Waals surface area contributed by atoms with Crippen molar-refractivity contribution in [1.82, 2.24) is 0 Å². The summed E-state index contributed by atoms with van der Waals surface area (Å²) in [6.07, 6.45) is 2.50. The van der Waals surface area contributed by atoms with Crippen molar-refractivity contribution in [3.05, 3.63) is 39.4 Å². The zero-order valence-electron chi connectivity index (χ0n) is 10.6. The average Bonchev–Trinajstić information content (AvgIpc) is 2.41. The Kier molecular flexibility index (Phi) is 4.68. The highest BCUT2D eigenvalue weighted by Gasteiger charge is 2.23. The van der Waals surface area contributed by atoms with E-state index in [1.165, 1.54) is 6.07 Å². The van der Waals surface area contributed by atoms with Crippen molar-refractivity contribution in [3.8, 4) is 0 Å². The second kappa shape index (κ2) is 6.29. The van der Waals surface area contributed by atoms with E-state index in [-0.39, 0.29) is 5.57 Å². The quantitative estimate of drug-likeness (QED) is 0.889. The molecule has 2 N–H and O–H groups in total. The van der Waals surface area contributed by atoms with Crippen LogP contribution in [-0.4, -0.2) is 17.0 Å². The summed E-state index contributed by atoms with van der Waals surface area (Å²) in [5, 5.41) is 12.6. The lowest BCUT2D eigenvalue weighted by Gasteiger charge is -2.17. The molecule has 106 valence electrons. The number of rotatable bonds is 3. The molecule has 0 bridgehead atoms. The number of amides is 1. The normalized spacial score (nSPS) is 15.1. The summed E-state index contributed by atoms with van der Waals surface area (Å²) in [6.45, 7) is 0. The van der Waals surface area contributed by atoms with Crippen molar-refractivity contribution in [2.75, 3.05) is 5.32 Å². The second-order valence-corrected chi connectivity index (χ2v) is 5.39. The van der Waals surface area contributed by atoms with Crippen LogP contribution in [0.25, 0.3) is 0 Å². The number of carboxylic acid groups (broad SMARTS) is 1. The van der Waals surface area contributed by atoms with Gasteiger partial charge in [-0.15, -0.1) is 0 Å². The number of carbonyl (C=O) groups is 2. The Morgan fingerprint density at radius 1 is 1.10 bits per heavy atom. The summed E-state index contributed by atoms with van der Waals surface area (Å²) in [5.41, 5.74) is 0.942. The average molecular weight is 314 g/mol. The molecule has 0 aliphatic heterocycles. The van der Waals surface area contributed by atoms with E-state index in [0.717, 1.165) is 12.8 Å². The van der Waals surface area contributed by atoms with E-state index in [1.54, 1.807) is 12.1 Å². The maximum absolute atomic E-state index is 12.2. The van der Waals surface area contributed by atoms with Gasteiger partial charge in [0.2, 0.25) is 0 Å². The summed E-state index contributed by atoms with van der Waals surface area (Å²) in [7, 11) is 0. The third kappa shape index (κ3) is 3.32. The number of benzene rings is 1. The summed E-state index contributed by atoms with van der Waals surface area (Å²) in [5.74, 6) is -1.44. The maximum atomic E-state index is 12.2. The number of aliphatic carboxylic acids is 1. The van der Waals surface area contributed by atoms with Crippen LogP contribution >= 0.6 is 23.2 Å². The number of carbonyl (C=O) groups excluding carboxylic acids is 1. The first kappa shape index (κ1) is 14.9. The van der Waals surface area contributed by atoms with Crippen LogP contribution in [0.1, 0.15) is 25.7 Å². The van der Waals surface area contributed by atoms with Crippen LogP contribution in [0.5, 0.6) is 0 Å². The molecule has 2 rings (SSSR count). The molecule has 0 unspecified atom stereocenters. The minimum absolute atomic E-state index is 0.193. The lowest BCUT2D eigenvalue weighted by Crippen LogP contribution is -2.21. The molecular formula is C14H13Cl2NO3. The molecular weight excluding hydrogens is 301 g/mol. The van der Waals surface area contributed by atoms with Crippen molar-refractivity contribution in [2.24, 2.45) is 0 Å². The molecule has 0 saturated heterocycles. The Bertz CT molecular complexity index is 596. The van der Waals surface area contributed by atoms with Gasteiger partial charge in [-0.05, 0) is 43.9 Å². The highest BCUT2D eigenvalue weighted by Crippen LogP contribution is 2.29.